The van der Waals surface area contributed by atoms with Crippen molar-refractivity contribution in [2.75, 3.05) is 6.61 Å². The average Bonchev–Trinajstić information content (AvgIpc) is 2.35. The Labute approximate surface area is 78.0 Å². The monoisotopic (exact) mass is 268 g/mol. The molecule has 11 heavy (non-hydrogen) atoms. The van der Waals surface area contributed by atoms with Gasteiger partial charge in [-0.3, -0.25) is 4.68 Å². The highest BCUT2D eigenvalue weighted by atomic mass is 127. The molecule has 0 aromatic carbocycles. The second kappa shape index (κ2) is 4.03. The molecule has 1 aromatic heterocycles. The number of nitrogens with zero attached hydrogens (tertiary/aromatic N) is 2. The van der Waals surface area contributed by atoms with E-state index in [0.29, 0.717) is 6.54 Å². The molecule has 1 unspecified atom stereocenters. The fourth-order valence-electron chi connectivity index (χ4n) is 0.712. The lowest BCUT2D eigenvalue weighted by Crippen LogP contribution is -2.19. The number of hydrogen-bond acceptors (Lipinski definition) is 3. The minimum atomic E-state index is -0.717. The molecule has 0 saturated carbocycles. The smallest absolute Gasteiger partial charge is 0.0966 e. The van der Waals surface area contributed by atoms with E-state index >= 15 is 0 Å². The van der Waals surface area contributed by atoms with E-state index in [1.165, 1.54) is 0 Å². The number of hydrogen-bond donors (Lipinski definition) is 2. The first-order valence-electron chi connectivity index (χ1n) is 3.19. The van der Waals surface area contributed by atoms with Crippen LogP contribution in [0.2, 0.25) is 0 Å². The van der Waals surface area contributed by atoms with E-state index in [2.05, 4.69) is 27.7 Å². The normalized spacial score (nSPS) is 13.4. The third-order valence-electron chi connectivity index (χ3n) is 1.21. The van der Waals surface area contributed by atoms with Gasteiger partial charge in [-0.1, -0.05) is 0 Å². The molecule has 2 N–H and O–H groups in total. The van der Waals surface area contributed by atoms with Crippen LogP contribution in [-0.2, 0) is 6.54 Å². The highest BCUT2D eigenvalue weighted by molar-refractivity contribution is 14.1. The molecular formula is C6H9IN2O2. The van der Waals surface area contributed by atoms with Crippen molar-refractivity contribution in [2.24, 2.45) is 0 Å². The van der Waals surface area contributed by atoms with Gasteiger partial charge in [0, 0.05) is 6.20 Å². The van der Waals surface area contributed by atoms with Gasteiger partial charge in [0.05, 0.1) is 29.0 Å². The maximum Gasteiger partial charge on any atom is 0.0966 e. The van der Waals surface area contributed by atoms with Crippen LogP contribution in [0.3, 0.4) is 0 Å². The Morgan fingerprint density at radius 3 is 2.91 bits per heavy atom. The molecule has 0 fully saturated rings. The Bertz CT molecular complexity index is 226. The van der Waals surface area contributed by atoms with Crippen molar-refractivity contribution in [3.8, 4) is 0 Å². The molecule has 5 heteroatoms. The zero-order valence-corrected chi connectivity index (χ0v) is 7.97. The number of halogens is 1. The van der Waals surface area contributed by atoms with Crippen molar-refractivity contribution < 1.29 is 10.2 Å². The van der Waals surface area contributed by atoms with Crippen molar-refractivity contribution >= 4 is 22.6 Å². The number of rotatable bonds is 3. The first-order valence-corrected chi connectivity index (χ1v) is 4.27. The van der Waals surface area contributed by atoms with Crippen LogP contribution in [0, 0.1) is 3.57 Å². The molecule has 0 aliphatic rings. The van der Waals surface area contributed by atoms with E-state index in [-0.39, 0.29) is 6.61 Å². The van der Waals surface area contributed by atoms with Gasteiger partial charge in [0.2, 0.25) is 0 Å². The zero-order valence-electron chi connectivity index (χ0n) is 5.81. The third kappa shape index (κ3) is 2.76. The molecule has 0 amide bonds. The van der Waals surface area contributed by atoms with Gasteiger partial charge < -0.3 is 10.2 Å². The molecule has 0 bridgehead atoms. The van der Waals surface area contributed by atoms with Crippen molar-refractivity contribution in [3.05, 3.63) is 16.0 Å². The standard InChI is InChI=1S/C6H9IN2O2/c7-5-1-8-9(2-5)3-6(11)4-10/h1-2,6,10-11H,3-4H2. The lowest BCUT2D eigenvalue weighted by molar-refractivity contribution is 0.0782. The zero-order chi connectivity index (χ0) is 8.27. The van der Waals surface area contributed by atoms with Gasteiger partial charge in [-0.15, -0.1) is 0 Å². The average molecular weight is 268 g/mol. The second-order valence-corrected chi connectivity index (χ2v) is 3.46. The largest absolute Gasteiger partial charge is 0.394 e. The van der Waals surface area contributed by atoms with E-state index in [9.17, 15) is 0 Å². The molecule has 0 aliphatic carbocycles. The van der Waals surface area contributed by atoms with E-state index in [4.69, 9.17) is 10.2 Å². The molecule has 1 atom stereocenters. The van der Waals surface area contributed by atoms with Crippen LogP contribution < -0.4 is 0 Å². The highest BCUT2D eigenvalue weighted by Gasteiger charge is 2.03. The maximum absolute atomic E-state index is 9.01. The van der Waals surface area contributed by atoms with Crippen LogP contribution in [0.1, 0.15) is 0 Å². The molecule has 1 aromatic rings. The summed E-state index contributed by atoms with van der Waals surface area (Å²) >= 11 is 2.13. The summed E-state index contributed by atoms with van der Waals surface area (Å²) in [5, 5.41) is 21.5. The summed E-state index contributed by atoms with van der Waals surface area (Å²) in [6, 6.07) is 0. The third-order valence-corrected chi connectivity index (χ3v) is 1.77. The summed E-state index contributed by atoms with van der Waals surface area (Å²) in [5.74, 6) is 0. The molecule has 0 spiro atoms. The summed E-state index contributed by atoms with van der Waals surface area (Å²) in [6.07, 6.45) is 2.79. The number of aromatic nitrogens is 2. The van der Waals surface area contributed by atoms with Crippen LogP contribution in [-0.4, -0.2) is 32.7 Å². The molecule has 4 nitrogen and oxygen atoms in total. The van der Waals surface area contributed by atoms with Gasteiger partial charge in [0.1, 0.15) is 0 Å². The Morgan fingerprint density at radius 1 is 1.73 bits per heavy atom. The van der Waals surface area contributed by atoms with Crippen LogP contribution in [0.5, 0.6) is 0 Å². The lowest BCUT2D eigenvalue weighted by atomic mass is 10.4. The Kier molecular flexibility index (Phi) is 3.28. The Morgan fingerprint density at radius 2 is 2.45 bits per heavy atom. The molecule has 0 saturated heterocycles. The van der Waals surface area contributed by atoms with Crippen molar-refractivity contribution in [1.82, 2.24) is 9.78 Å². The van der Waals surface area contributed by atoms with E-state index < -0.39 is 6.10 Å². The lowest BCUT2D eigenvalue weighted by Gasteiger charge is -2.05. The predicted octanol–water partition coefficient (Wildman–Crippen LogP) is -0.159. The molecule has 62 valence electrons. The first kappa shape index (κ1) is 8.95. The Hall–Kier alpha value is -0.140. The van der Waals surface area contributed by atoms with E-state index in [1.807, 2.05) is 0 Å². The summed E-state index contributed by atoms with van der Waals surface area (Å²) in [4.78, 5) is 0. The minimum absolute atomic E-state index is 0.226. The molecular weight excluding hydrogens is 259 g/mol. The van der Waals surface area contributed by atoms with Crippen LogP contribution >= 0.6 is 22.6 Å². The van der Waals surface area contributed by atoms with Crippen LogP contribution in [0.4, 0.5) is 0 Å². The van der Waals surface area contributed by atoms with Gasteiger partial charge in [-0.2, -0.15) is 5.10 Å². The predicted molar refractivity (Wildman–Crippen MR) is 48.0 cm³/mol. The van der Waals surface area contributed by atoms with Gasteiger partial charge in [-0.05, 0) is 22.6 Å². The summed E-state index contributed by atoms with van der Waals surface area (Å²) in [6.45, 7) is 0.121. The summed E-state index contributed by atoms with van der Waals surface area (Å²) < 4.78 is 2.62. The Balaban J connectivity index is 2.50. The SMILES string of the molecule is OCC(O)Cn1cc(I)cn1. The summed E-state index contributed by atoms with van der Waals surface area (Å²) in [5.41, 5.74) is 0. The second-order valence-electron chi connectivity index (χ2n) is 2.22. The number of aliphatic hydroxyl groups excluding tert-OH is 2. The maximum atomic E-state index is 9.01. The topological polar surface area (TPSA) is 58.3 Å². The minimum Gasteiger partial charge on any atom is -0.394 e. The molecule has 0 aliphatic heterocycles. The molecule has 1 rings (SSSR count). The van der Waals surface area contributed by atoms with E-state index in [0.717, 1.165) is 3.57 Å². The fourth-order valence-corrected chi connectivity index (χ4v) is 1.16. The molecule has 1 heterocycles. The van der Waals surface area contributed by atoms with Crippen LogP contribution in [0.25, 0.3) is 0 Å². The quantitative estimate of drug-likeness (QED) is 0.749. The van der Waals surface area contributed by atoms with Gasteiger partial charge in [0.15, 0.2) is 0 Å². The van der Waals surface area contributed by atoms with Crippen molar-refractivity contribution in [1.29, 1.82) is 0 Å². The first-order chi connectivity index (χ1) is 5.22. The van der Waals surface area contributed by atoms with Crippen LogP contribution in [0.15, 0.2) is 12.4 Å². The van der Waals surface area contributed by atoms with E-state index in [1.54, 1.807) is 17.1 Å². The number of aliphatic hydroxyl groups is 2. The van der Waals surface area contributed by atoms with Gasteiger partial charge in [-0.25, -0.2) is 0 Å². The highest BCUT2D eigenvalue weighted by Crippen LogP contribution is 2.01. The van der Waals surface area contributed by atoms with Gasteiger partial charge in [0.25, 0.3) is 0 Å². The van der Waals surface area contributed by atoms with Gasteiger partial charge >= 0.3 is 0 Å². The van der Waals surface area contributed by atoms with Crippen molar-refractivity contribution in [2.45, 2.75) is 12.6 Å². The fraction of sp³-hybridized carbons (Fsp3) is 0.500. The summed E-state index contributed by atoms with van der Waals surface area (Å²) in [7, 11) is 0. The van der Waals surface area contributed by atoms with Crippen molar-refractivity contribution in [3.63, 3.8) is 0 Å². The molecule has 0 radical (unpaired) electrons.